The molecule has 0 aliphatic carbocycles. The lowest BCUT2D eigenvalue weighted by Gasteiger charge is -2.18. The van der Waals surface area contributed by atoms with Crippen LogP contribution in [0.3, 0.4) is 0 Å². The molecule has 0 aromatic rings. The van der Waals surface area contributed by atoms with E-state index in [0.717, 1.165) is 103 Å². The third kappa shape index (κ3) is 51.7. The second kappa shape index (κ2) is 53.5. The van der Waals surface area contributed by atoms with E-state index in [1.807, 2.05) is 0 Å². The molecule has 0 amide bonds. The zero-order valence-electron chi connectivity index (χ0n) is 42.7. The molecular formula is C59H102O6. The van der Waals surface area contributed by atoms with E-state index in [4.69, 9.17) is 14.2 Å². The number of hydrogen-bond donors (Lipinski definition) is 0. The highest BCUT2D eigenvalue weighted by Gasteiger charge is 2.19. The molecule has 0 N–H and O–H groups in total. The summed E-state index contributed by atoms with van der Waals surface area (Å²) in [5.74, 6) is -0.917. The molecule has 0 heterocycles. The van der Waals surface area contributed by atoms with Crippen LogP contribution in [0.4, 0.5) is 0 Å². The van der Waals surface area contributed by atoms with Crippen LogP contribution in [0.1, 0.15) is 265 Å². The van der Waals surface area contributed by atoms with Gasteiger partial charge in [-0.15, -0.1) is 0 Å². The second-order valence-corrected chi connectivity index (χ2v) is 18.1. The molecule has 374 valence electrons. The van der Waals surface area contributed by atoms with Crippen molar-refractivity contribution in [2.24, 2.45) is 0 Å². The third-order valence-electron chi connectivity index (χ3n) is 11.7. The Balaban J connectivity index is 4.41. The molecule has 0 radical (unpaired) electrons. The van der Waals surface area contributed by atoms with E-state index in [-0.39, 0.29) is 31.1 Å². The van der Waals surface area contributed by atoms with Gasteiger partial charge in [-0.25, -0.2) is 0 Å². The maximum atomic E-state index is 12.8. The van der Waals surface area contributed by atoms with Crippen molar-refractivity contribution in [1.29, 1.82) is 0 Å². The number of carbonyl (C=O) groups excluding carboxylic acids is 3. The highest BCUT2D eigenvalue weighted by molar-refractivity contribution is 5.71. The van der Waals surface area contributed by atoms with Crippen LogP contribution >= 0.6 is 0 Å². The van der Waals surface area contributed by atoms with Crippen LogP contribution in [0.2, 0.25) is 0 Å². The summed E-state index contributed by atoms with van der Waals surface area (Å²) in [6.45, 7) is 6.49. The molecule has 0 saturated heterocycles. The van der Waals surface area contributed by atoms with Crippen molar-refractivity contribution < 1.29 is 28.6 Å². The molecule has 6 heteroatoms. The van der Waals surface area contributed by atoms with E-state index in [1.54, 1.807) is 0 Å². The summed E-state index contributed by atoms with van der Waals surface area (Å²) < 4.78 is 16.8. The third-order valence-corrected chi connectivity index (χ3v) is 11.7. The molecule has 65 heavy (non-hydrogen) atoms. The normalized spacial score (nSPS) is 12.6. The van der Waals surface area contributed by atoms with Gasteiger partial charge in [0.05, 0.1) is 0 Å². The zero-order chi connectivity index (χ0) is 47.2. The molecule has 0 aromatic carbocycles. The summed E-state index contributed by atoms with van der Waals surface area (Å²) >= 11 is 0. The Kier molecular flexibility index (Phi) is 50.9. The highest BCUT2D eigenvalue weighted by Crippen LogP contribution is 2.14. The first-order valence-corrected chi connectivity index (χ1v) is 27.4. The fraction of sp³-hybridized carbons (Fsp3) is 0.746. The lowest BCUT2D eigenvalue weighted by Crippen LogP contribution is -2.30. The van der Waals surface area contributed by atoms with Crippen LogP contribution in [-0.4, -0.2) is 37.2 Å². The predicted octanol–water partition coefficient (Wildman–Crippen LogP) is 18.2. The lowest BCUT2D eigenvalue weighted by atomic mass is 10.1. The van der Waals surface area contributed by atoms with Gasteiger partial charge >= 0.3 is 17.9 Å². The van der Waals surface area contributed by atoms with Gasteiger partial charge in [0.2, 0.25) is 0 Å². The van der Waals surface area contributed by atoms with Crippen LogP contribution in [-0.2, 0) is 28.6 Å². The van der Waals surface area contributed by atoms with Crippen LogP contribution < -0.4 is 0 Å². The summed E-state index contributed by atoms with van der Waals surface area (Å²) in [5.41, 5.74) is 0. The van der Waals surface area contributed by atoms with Gasteiger partial charge in [0, 0.05) is 19.3 Å². The standard InChI is InChI=1S/C59H102O6/c1-4-7-10-13-16-19-22-25-27-28-29-30-32-34-37-40-43-46-49-52-58(61)64-55-56(54-63-57(60)51-48-45-42-39-36-33-24-21-18-15-12-9-6-3)65-59(62)53-50-47-44-41-38-35-31-26-23-20-17-14-11-8-5-2/h7,10,16,19-20,23,25,27,29-30,33,36,56H,4-6,8-9,11-15,17-18,21-22,24,26,28,31-32,34-35,37-55H2,1-3H3/b10-7-,19-16-,23-20-,27-25-,30-29-,36-33-. The first kappa shape index (κ1) is 61.9. The minimum absolute atomic E-state index is 0.0890. The van der Waals surface area contributed by atoms with Gasteiger partial charge in [-0.05, 0) is 109 Å². The minimum Gasteiger partial charge on any atom is -0.462 e. The first-order valence-electron chi connectivity index (χ1n) is 27.4. The Labute approximate surface area is 402 Å². The zero-order valence-corrected chi connectivity index (χ0v) is 42.7. The molecule has 0 aromatic heterocycles. The number of allylic oxidation sites excluding steroid dienone is 12. The van der Waals surface area contributed by atoms with Gasteiger partial charge in [-0.2, -0.15) is 0 Å². The maximum Gasteiger partial charge on any atom is 0.306 e. The van der Waals surface area contributed by atoms with Crippen LogP contribution in [0.5, 0.6) is 0 Å². The first-order chi connectivity index (χ1) is 32.0. The van der Waals surface area contributed by atoms with Crippen molar-refractivity contribution in [3.8, 4) is 0 Å². The fourth-order valence-electron chi connectivity index (χ4n) is 7.54. The van der Waals surface area contributed by atoms with Gasteiger partial charge < -0.3 is 14.2 Å². The Morgan fingerprint density at radius 1 is 0.323 bits per heavy atom. The molecule has 0 fully saturated rings. The van der Waals surface area contributed by atoms with Crippen LogP contribution in [0, 0.1) is 0 Å². The predicted molar refractivity (Wildman–Crippen MR) is 279 cm³/mol. The van der Waals surface area contributed by atoms with Crippen molar-refractivity contribution >= 4 is 17.9 Å². The van der Waals surface area contributed by atoms with E-state index in [2.05, 4.69) is 93.7 Å². The molecule has 6 nitrogen and oxygen atoms in total. The molecule has 1 unspecified atom stereocenters. The molecule has 0 spiro atoms. The van der Waals surface area contributed by atoms with Crippen molar-refractivity contribution in [2.75, 3.05) is 13.2 Å². The molecule has 0 bridgehead atoms. The number of ether oxygens (including phenoxy) is 3. The van der Waals surface area contributed by atoms with E-state index in [9.17, 15) is 14.4 Å². The number of unbranched alkanes of at least 4 members (excludes halogenated alkanes) is 26. The highest BCUT2D eigenvalue weighted by atomic mass is 16.6. The van der Waals surface area contributed by atoms with E-state index in [1.165, 1.54) is 122 Å². The number of hydrogen-bond acceptors (Lipinski definition) is 6. The topological polar surface area (TPSA) is 78.9 Å². The van der Waals surface area contributed by atoms with Gasteiger partial charge in [0.15, 0.2) is 6.10 Å². The lowest BCUT2D eigenvalue weighted by molar-refractivity contribution is -0.167. The van der Waals surface area contributed by atoms with E-state index < -0.39 is 6.10 Å². The quantitative estimate of drug-likeness (QED) is 0.0262. The fourth-order valence-corrected chi connectivity index (χ4v) is 7.54. The maximum absolute atomic E-state index is 12.8. The molecule has 1 atom stereocenters. The van der Waals surface area contributed by atoms with Crippen molar-refractivity contribution in [3.63, 3.8) is 0 Å². The summed E-state index contributed by atoms with van der Waals surface area (Å²) in [5, 5.41) is 0. The number of rotatable bonds is 49. The number of carbonyl (C=O) groups is 3. The Morgan fingerprint density at radius 3 is 0.985 bits per heavy atom. The Hall–Kier alpha value is -3.15. The van der Waals surface area contributed by atoms with Crippen molar-refractivity contribution in [1.82, 2.24) is 0 Å². The van der Waals surface area contributed by atoms with E-state index >= 15 is 0 Å². The molecular weight excluding hydrogens is 805 g/mol. The van der Waals surface area contributed by atoms with Crippen LogP contribution in [0.15, 0.2) is 72.9 Å². The average Bonchev–Trinajstić information content (AvgIpc) is 3.30. The Morgan fingerprint density at radius 2 is 0.600 bits per heavy atom. The summed E-state index contributed by atoms with van der Waals surface area (Å²) in [6, 6.07) is 0. The number of esters is 3. The molecule has 0 rings (SSSR count). The van der Waals surface area contributed by atoms with Crippen molar-refractivity contribution in [3.05, 3.63) is 72.9 Å². The van der Waals surface area contributed by atoms with Gasteiger partial charge in [0.1, 0.15) is 13.2 Å². The smallest absolute Gasteiger partial charge is 0.306 e. The Bertz CT molecular complexity index is 1230. The largest absolute Gasteiger partial charge is 0.462 e. The summed E-state index contributed by atoms with van der Waals surface area (Å²) in [6.07, 6.45) is 67.4. The summed E-state index contributed by atoms with van der Waals surface area (Å²) in [4.78, 5) is 38.1. The molecule has 0 saturated carbocycles. The van der Waals surface area contributed by atoms with E-state index in [0.29, 0.717) is 19.3 Å². The van der Waals surface area contributed by atoms with Crippen molar-refractivity contribution in [2.45, 2.75) is 271 Å². The summed E-state index contributed by atoms with van der Waals surface area (Å²) in [7, 11) is 0. The van der Waals surface area contributed by atoms with Crippen LogP contribution in [0.25, 0.3) is 0 Å². The SMILES string of the molecule is CC/C=C\C/C=C\C/C=C\C/C=C\CCCCCCCCC(=O)OCC(COC(=O)CCCCC/C=C\CCCCCCCC)OC(=O)CCCCCCCCC/C=C\CCCCCC. The molecule has 0 aliphatic rings. The second-order valence-electron chi connectivity index (χ2n) is 18.1. The monoisotopic (exact) mass is 907 g/mol. The average molecular weight is 907 g/mol. The van der Waals surface area contributed by atoms with Gasteiger partial charge in [-0.3, -0.25) is 14.4 Å². The minimum atomic E-state index is -0.789. The molecule has 0 aliphatic heterocycles. The van der Waals surface area contributed by atoms with Gasteiger partial charge in [-0.1, -0.05) is 209 Å². The van der Waals surface area contributed by atoms with Gasteiger partial charge in [0.25, 0.3) is 0 Å².